The molecule has 2 atom stereocenters. The molecular weight excluding hydrogens is 288 g/mol. The van der Waals surface area contributed by atoms with E-state index in [1.807, 2.05) is 0 Å². The minimum atomic E-state index is 0.293. The zero-order valence-corrected chi connectivity index (χ0v) is 12.7. The van der Waals surface area contributed by atoms with Gasteiger partial charge in [0.2, 0.25) is 0 Å². The van der Waals surface area contributed by atoms with Gasteiger partial charge in [0, 0.05) is 29.1 Å². The van der Waals surface area contributed by atoms with Gasteiger partial charge in [-0.15, -0.1) is 0 Å². The van der Waals surface area contributed by atoms with Crippen molar-refractivity contribution in [3.05, 3.63) is 28.7 Å². The normalized spacial score (nSPS) is 32.6. The smallest absolute Gasteiger partial charge is 0.0514 e. The fraction of sp³-hybridized carbons (Fsp3) is 0.600. The number of anilines is 1. The average Bonchev–Trinajstić information content (AvgIpc) is 3.18. The molecule has 0 spiro atoms. The highest BCUT2D eigenvalue weighted by Gasteiger charge is 2.45. The summed E-state index contributed by atoms with van der Waals surface area (Å²) in [6.45, 7) is 6.88. The number of rotatable bonds is 2. The highest BCUT2D eigenvalue weighted by atomic mass is 79.9. The molecular formula is C15H21BrN2. The first-order chi connectivity index (χ1) is 8.60. The first-order valence-corrected chi connectivity index (χ1v) is 7.66. The molecule has 2 nitrogen and oxygen atoms in total. The van der Waals surface area contributed by atoms with Gasteiger partial charge in [0.25, 0.3) is 0 Å². The Morgan fingerprint density at radius 3 is 2.72 bits per heavy atom. The number of benzene rings is 1. The Balaban J connectivity index is 1.87. The Morgan fingerprint density at radius 2 is 2.06 bits per heavy atom. The van der Waals surface area contributed by atoms with Gasteiger partial charge in [-0.05, 0) is 60.7 Å². The first kappa shape index (κ1) is 12.5. The summed E-state index contributed by atoms with van der Waals surface area (Å²) in [5.41, 5.74) is 1.63. The van der Waals surface area contributed by atoms with Crippen molar-refractivity contribution < 1.29 is 0 Å². The average molecular weight is 309 g/mol. The van der Waals surface area contributed by atoms with Crippen LogP contribution in [-0.4, -0.2) is 24.7 Å². The van der Waals surface area contributed by atoms with Crippen LogP contribution in [0.3, 0.4) is 0 Å². The molecule has 3 rings (SSSR count). The zero-order chi connectivity index (χ0) is 12.8. The maximum absolute atomic E-state index is 3.77. The molecule has 1 aromatic rings. The molecule has 1 saturated carbocycles. The molecule has 1 aliphatic carbocycles. The molecule has 0 bridgehead atoms. The second kappa shape index (κ2) is 4.53. The summed E-state index contributed by atoms with van der Waals surface area (Å²) < 4.78 is 1.21. The number of nitrogens with one attached hydrogen (secondary N) is 1. The quantitative estimate of drug-likeness (QED) is 0.900. The molecule has 18 heavy (non-hydrogen) atoms. The largest absolute Gasteiger partial charge is 0.365 e. The summed E-state index contributed by atoms with van der Waals surface area (Å²) in [5.74, 6) is 0.870. The predicted molar refractivity (Wildman–Crippen MR) is 80.1 cm³/mol. The number of piperazine rings is 1. The van der Waals surface area contributed by atoms with E-state index in [-0.39, 0.29) is 0 Å². The van der Waals surface area contributed by atoms with Crippen LogP contribution in [0, 0.1) is 5.92 Å². The molecule has 1 N–H and O–H groups in total. The van der Waals surface area contributed by atoms with Crippen LogP contribution in [0.4, 0.5) is 5.69 Å². The Labute approximate surface area is 118 Å². The van der Waals surface area contributed by atoms with Crippen LogP contribution in [0.15, 0.2) is 28.7 Å². The number of nitrogens with zero attached hydrogens (tertiary/aromatic N) is 1. The molecule has 0 amide bonds. The topological polar surface area (TPSA) is 15.3 Å². The maximum Gasteiger partial charge on any atom is 0.0514 e. The van der Waals surface area contributed by atoms with Gasteiger partial charge in [0.05, 0.1) is 5.69 Å². The van der Waals surface area contributed by atoms with Crippen molar-refractivity contribution in [1.82, 2.24) is 5.32 Å². The highest BCUT2D eigenvalue weighted by Crippen LogP contribution is 2.42. The Morgan fingerprint density at radius 1 is 1.33 bits per heavy atom. The lowest BCUT2D eigenvalue weighted by Gasteiger charge is -2.47. The SMILES string of the molecule is CC1CNC(C)(C2CC2)CN1c1ccccc1Br. The molecule has 0 aromatic heterocycles. The van der Waals surface area contributed by atoms with E-state index in [1.54, 1.807) is 0 Å². The van der Waals surface area contributed by atoms with Crippen molar-refractivity contribution >= 4 is 21.6 Å². The van der Waals surface area contributed by atoms with Gasteiger partial charge >= 0.3 is 0 Å². The third-order valence-corrected chi connectivity index (χ3v) is 5.14. The lowest BCUT2D eigenvalue weighted by molar-refractivity contribution is 0.260. The summed E-state index contributed by atoms with van der Waals surface area (Å²) in [7, 11) is 0. The molecule has 1 aliphatic heterocycles. The lowest BCUT2D eigenvalue weighted by Crippen LogP contribution is -2.63. The van der Waals surface area contributed by atoms with Crippen LogP contribution in [0.5, 0.6) is 0 Å². The Hall–Kier alpha value is -0.540. The second-order valence-corrected chi connectivity index (χ2v) is 6.86. The van der Waals surface area contributed by atoms with E-state index in [0.29, 0.717) is 11.6 Å². The highest BCUT2D eigenvalue weighted by molar-refractivity contribution is 9.10. The van der Waals surface area contributed by atoms with Gasteiger partial charge in [-0.1, -0.05) is 12.1 Å². The molecule has 1 heterocycles. The van der Waals surface area contributed by atoms with E-state index in [2.05, 4.69) is 64.3 Å². The number of hydrogen-bond acceptors (Lipinski definition) is 2. The van der Waals surface area contributed by atoms with Crippen molar-refractivity contribution in [2.24, 2.45) is 5.92 Å². The number of para-hydroxylation sites is 1. The monoisotopic (exact) mass is 308 g/mol. The van der Waals surface area contributed by atoms with Crippen molar-refractivity contribution in [3.8, 4) is 0 Å². The fourth-order valence-electron chi connectivity index (χ4n) is 3.06. The van der Waals surface area contributed by atoms with Crippen LogP contribution < -0.4 is 10.2 Å². The fourth-order valence-corrected chi connectivity index (χ4v) is 3.57. The van der Waals surface area contributed by atoms with Gasteiger partial charge in [-0.2, -0.15) is 0 Å². The molecule has 2 aliphatic rings. The van der Waals surface area contributed by atoms with Gasteiger partial charge in [-0.25, -0.2) is 0 Å². The van der Waals surface area contributed by atoms with E-state index >= 15 is 0 Å². The predicted octanol–water partition coefficient (Wildman–Crippen LogP) is 3.42. The van der Waals surface area contributed by atoms with Crippen LogP contribution >= 0.6 is 15.9 Å². The lowest BCUT2D eigenvalue weighted by atomic mass is 9.91. The summed E-state index contributed by atoms with van der Waals surface area (Å²) in [4.78, 5) is 2.55. The zero-order valence-electron chi connectivity index (χ0n) is 11.1. The van der Waals surface area contributed by atoms with Crippen molar-refractivity contribution in [1.29, 1.82) is 0 Å². The number of hydrogen-bond donors (Lipinski definition) is 1. The van der Waals surface area contributed by atoms with Crippen LogP contribution in [0.2, 0.25) is 0 Å². The standard InChI is InChI=1S/C15H21BrN2/c1-11-9-17-15(2,12-7-8-12)10-18(11)14-6-4-3-5-13(14)16/h3-6,11-12,17H,7-10H2,1-2H3. The molecule has 1 saturated heterocycles. The van der Waals surface area contributed by atoms with Crippen molar-refractivity contribution in [2.45, 2.75) is 38.3 Å². The Bertz CT molecular complexity index is 444. The number of halogens is 1. The summed E-state index contributed by atoms with van der Waals surface area (Å²) in [6, 6.07) is 9.12. The van der Waals surface area contributed by atoms with Gasteiger partial charge in [0.15, 0.2) is 0 Å². The molecule has 2 fully saturated rings. The van der Waals surface area contributed by atoms with Crippen molar-refractivity contribution in [2.75, 3.05) is 18.0 Å². The molecule has 3 heteroatoms. The van der Waals surface area contributed by atoms with E-state index in [0.717, 1.165) is 19.0 Å². The van der Waals surface area contributed by atoms with Crippen LogP contribution in [0.1, 0.15) is 26.7 Å². The Kier molecular flexibility index (Phi) is 3.15. The van der Waals surface area contributed by atoms with Gasteiger partial charge in [-0.3, -0.25) is 0 Å². The third-order valence-electron chi connectivity index (χ3n) is 4.47. The minimum absolute atomic E-state index is 0.293. The third kappa shape index (κ3) is 2.19. The minimum Gasteiger partial charge on any atom is -0.365 e. The second-order valence-electron chi connectivity index (χ2n) is 6.00. The molecule has 2 unspecified atom stereocenters. The van der Waals surface area contributed by atoms with E-state index in [9.17, 15) is 0 Å². The van der Waals surface area contributed by atoms with E-state index < -0.39 is 0 Å². The molecule has 0 radical (unpaired) electrons. The van der Waals surface area contributed by atoms with Crippen LogP contribution in [0.25, 0.3) is 0 Å². The van der Waals surface area contributed by atoms with Crippen LogP contribution in [-0.2, 0) is 0 Å². The summed E-state index contributed by atoms with van der Waals surface area (Å²) in [5, 5.41) is 3.77. The van der Waals surface area contributed by atoms with Crippen molar-refractivity contribution in [3.63, 3.8) is 0 Å². The van der Waals surface area contributed by atoms with Gasteiger partial charge in [0.1, 0.15) is 0 Å². The van der Waals surface area contributed by atoms with Gasteiger partial charge < -0.3 is 10.2 Å². The maximum atomic E-state index is 3.77. The summed E-state index contributed by atoms with van der Waals surface area (Å²) >= 11 is 3.69. The first-order valence-electron chi connectivity index (χ1n) is 6.86. The molecule has 98 valence electrons. The van der Waals surface area contributed by atoms with E-state index in [1.165, 1.54) is 23.0 Å². The summed E-state index contributed by atoms with van der Waals surface area (Å²) in [6.07, 6.45) is 2.78. The van der Waals surface area contributed by atoms with E-state index in [4.69, 9.17) is 0 Å². The molecule has 1 aromatic carbocycles.